The molecule has 0 saturated heterocycles. The predicted octanol–water partition coefficient (Wildman–Crippen LogP) is 3.63. The molecule has 6 heteroatoms. The van der Waals surface area contributed by atoms with Gasteiger partial charge in [0.25, 0.3) is 0 Å². The first-order valence-electron chi connectivity index (χ1n) is 8.33. The van der Waals surface area contributed by atoms with Gasteiger partial charge in [-0.3, -0.25) is 4.79 Å². The predicted molar refractivity (Wildman–Crippen MR) is 104 cm³/mol. The van der Waals surface area contributed by atoms with E-state index in [2.05, 4.69) is 32.7 Å². The summed E-state index contributed by atoms with van der Waals surface area (Å²) >= 11 is 1.65. The highest BCUT2D eigenvalue weighted by Crippen LogP contribution is 2.37. The highest BCUT2D eigenvalue weighted by molar-refractivity contribution is 7.17. The fraction of sp³-hybridized carbons (Fsp3) is 0.316. The van der Waals surface area contributed by atoms with Crippen molar-refractivity contribution in [3.05, 3.63) is 41.5 Å². The highest BCUT2D eigenvalue weighted by Gasteiger charge is 2.16. The van der Waals surface area contributed by atoms with Crippen LogP contribution in [0, 0.1) is 6.92 Å². The summed E-state index contributed by atoms with van der Waals surface area (Å²) in [7, 11) is 2.04. The molecule has 25 heavy (non-hydrogen) atoms. The molecule has 1 N–H and O–H groups in total. The van der Waals surface area contributed by atoms with Crippen molar-refractivity contribution in [3.63, 3.8) is 0 Å². The zero-order valence-electron chi connectivity index (χ0n) is 14.7. The van der Waals surface area contributed by atoms with Crippen LogP contribution in [-0.2, 0) is 4.79 Å². The fourth-order valence-corrected chi connectivity index (χ4v) is 3.81. The highest BCUT2D eigenvalue weighted by atomic mass is 32.1. The quantitative estimate of drug-likeness (QED) is 0.687. The number of hydrogen-bond acceptors (Lipinski definition) is 5. The first-order chi connectivity index (χ1) is 12.1. The molecule has 0 aliphatic carbocycles. The molecule has 1 aromatic carbocycles. The number of nitrogens with zero attached hydrogens (tertiary/aromatic N) is 3. The van der Waals surface area contributed by atoms with Crippen molar-refractivity contribution in [2.45, 2.75) is 20.3 Å². The topological polar surface area (TPSA) is 58.1 Å². The number of aryl methyl sites for hydroxylation is 1. The minimum atomic E-state index is 0.00659. The van der Waals surface area contributed by atoms with Crippen molar-refractivity contribution in [2.24, 2.45) is 0 Å². The van der Waals surface area contributed by atoms with Gasteiger partial charge in [-0.25, -0.2) is 9.97 Å². The molecule has 130 valence electrons. The zero-order chi connectivity index (χ0) is 17.8. The van der Waals surface area contributed by atoms with Crippen molar-refractivity contribution >= 4 is 33.3 Å². The van der Waals surface area contributed by atoms with Crippen molar-refractivity contribution in [3.8, 4) is 11.1 Å². The van der Waals surface area contributed by atoms with Crippen LogP contribution < -0.4 is 10.2 Å². The third-order valence-corrected chi connectivity index (χ3v) is 4.89. The molecule has 3 aromatic rings. The normalized spacial score (nSPS) is 10.8. The Labute approximate surface area is 151 Å². The number of hydrogen-bond donors (Lipinski definition) is 1. The SMILES string of the molecule is CC(=O)NCCCN(C)c1nc(C)nc2scc(-c3ccccc3)c12. The minimum absolute atomic E-state index is 0.00659. The summed E-state index contributed by atoms with van der Waals surface area (Å²) in [5.74, 6) is 1.73. The summed E-state index contributed by atoms with van der Waals surface area (Å²) in [6.07, 6.45) is 0.866. The van der Waals surface area contributed by atoms with E-state index in [4.69, 9.17) is 4.98 Å². The summed E-state index contributed by atoms with van der Waals surface area (Å²) in [6, 6.07) is 10.3. The van der Waals surface area contributed by atoms with Gasteiger partial charge in [-0.2, -0.15) is 0 Å². The van der Waals surface area contributed by atoms with E-state index < -0.39 is 0 Å². The van der Waals surface area contributed by atoms with Crippen molar-refractivity contribution in [2.75, 3.05) is 25.0 Å². The number of nitrogens with one attached hydrogen (secondary N) is 1. The first-order valence-corrected chi connectivity index (χ1v) is 9.21. The van der Waals surface area contributed by atoms with Crippen molar-refractivity contribution < 1.29 is 4.79 Å². The van der Waals surface area contributed by atoms with E-state index in [0.717, 1.165) is 34.8 Å². The van der Waals surface area contributed by atoms with Crippen LogP contribution in [0.15, 0.2) is 35.7 Å². The maximum absolute atomic E-state index is 11.0. The molecule has 0 spiro atoms. The second-order valence-corrected chi connectivity index (χ2v) is 6.91. The van der Waals surface area contributed by atoms with E-state index in [-0.39, 0.29) is 5.91 Å². The molecule has 0 fully saturated rings. The van der Waals surface area contributed by atoms with Gasteiger partial charge in [-0.1, -0.05) is 30.3 Å². The molecule has 0 atom stereocenters. The number of fused-ring (bicyclic) bond motifs is 1. The molecule has 5 nitrogen and oxygen atoms in total. The molecule has 0 bridgehead atoms. The second-order valence-electron chi connectivity index (χ2n) is 6.05. The summed E-state index contributed by atoms with van der Waals surface area (Å²) in [6.45, 7) is 4.95. The molecule has 0 aliphatic heterocycles. The smallest absolute Gasteiger partial charge is 0.216 e. The van der Waals surface area contributed by atoms with Gasteiger partial charge < -0.3 is 10.2 Å². The van der Waals surface area contributed by atoms with Gasteiger partial charge in [-0.05, 0) is 18.9 Å². The van der Waals surface area contributed by atoms with Crippen LogP contribution in [0.3, 0.4) is 0 Å². The third-order valence-electron chi connectivity index (χ3n) is 4.02. The monoisotopic (exact) mass is 354 g/mol. The number of benzene rings is 1. The third kappa shape index (κ3) is 3.96. The molecule has 1 amide bonds. The summed E-state index contributed by atoms with van der Waals surface area (Å²) in [5, 5.41) is 6.09. The number of carbonyl (C=O) groups is 1. The fourth-order valence-electron chi connectivity index (χ4n) is 2.82. The average molecular weight is 354 g/mol. The number of amides is 1. The van der Waals surface area contributed by atoms with E-state index in [1.54, 1.807) is 18.3 Å². The van der Waals surface area contributed by atoms with Crippen LogP contribution >= 0.6 is 11.3 Å². The molecule has 2 heterocycles. The van der Waals surface area contributed by atoms with E-state index in [1.165, 1.54) is 11.1 Å². The molecular formula is C19H22N4OS. The molecule has 2 aromatic heterocycles. The van der Waals surface area contributed by atoms with E-state index in [0.29, 0.717) is 6.54 Å². The largest absolute Gasteiger partial charge is 0.359 e. The van der Waals surface area contributed by atoms with Crippen LogP contribution in [0.2, 0.25) is 0 Å². The van der Waals surface area contributed by atoms with Gasteiger partial charge in [-0.15, -0.1) is 11.3 Å². The van der Waals surface area contributed by atoms with Crippen LogP contribution in [0.1, 0.15) is 19.2 Å². The lowest BCUT2D eigenvalue weighted by Gasteiger charge is -2.20. The second kappa shape index (κ2) is 7.61. The van der Waals surface area contributed by atoms with Crippen LogP contribution in [0.4, 0.5) is 5.82 Å². The van der Waals surface area contributed by atoms with Gasteiger partial charge in [0.1, 0.15) is 16.5 Å². The Bertz CT molecular complexity index is 876. The van der Waals surface area contributed by atoms with E-state index in [1.807, 2.05) is 32.2 Å². The molecule has 3 rings (SSSR count). The number of rotatable bonds is 6. The Morgan fingerprint density at radius 3 is 2.72 bits per heavy atom. The Morgan fingerprint density at radius 2 is 2.00 bits per heavy atom. The van der Waals surface area contributed by atoms with E-state index in [9.17, 15) is 4.79 Å². The first kappa shape index (κ1) is 17.4. The summed E-state index contributed by atoms with van der Waals surface area (Å²) in [4.78, 5) is 23.5. The molecular weight excluding hydrogens is 332 g/mol. The number of carbonyl (C=O) groups excluding carboxylic acids is 1. The lowest BCUT2D eigenvalue weighted by Crippen LogP contribution is -2.27. The standard InChI is InChI=1S/C19H22N4OS/c1-13-21-18(23(3)11-7-10-20-14(2)24)17-16(12-25-19(17)22-13)15-8-5-4-6-9-15/h4-6,8-9,12H,7,10-11H2,1-3H3,(H,20,24). The van der Waals surface area contributed by atoms with Gasteiger partial charge in [0, 0.05) is 38.0 Å². The maximum Gasteiger partial charge on any atom is 0.216 e. The van der Waals surface area contributed by atoms with Crippen LogP contribution in [0.5, 0.6) is 0 Å². The van der Waals surface area contributed by atoms with Gasteiger partial charge >= 0.3 is 0 Å². The van der Waals surface area contributed by atoms with Crippen LogP contribution in [-0.4, -0.2) is 36.0 Å². The lowest BCUT2D eigenvalue weighted by atomic mass is 10.1. The Balaban J connectivity index is 1.93. The van der Waals surface area contributed by atoms with Gasteiger partial charge in [0.2, 0.25) is 5.91 Å². The van der Waals surface area contributed by atoms with Gasteiger partial charge in [0.15, 0.2) is 0 Å². The van der Waals surface area contributed by atoms with Crippen molar-refractivity contribution in [1.29, 1.82) is 0 Å². The average Bonchev–Trinajstić information content (AvgIpc) is 3.02. The Hall–Kier alpha value is -2.47. The summed E-state index contributed by atoms with van der Waals surface area (Å²) in [5.41, 5.74) is 2.35. The lowest BCUT2D eigenvalue weighted by molar-refractivity contribution is -0.118. The van der Waals surface area contributed by atoms with Crippen LogP contribution in [0.25, 0.3) is 21.3 Å². The van der Waals surface area contributed by atoms with Gasteiger partial charge in [0.05, 0.1) is 5.39 Å². The number of aromatic nitrogens is 2. The zero-order valence-corrected chi connectivity index (χ0v) is 15.6. The number of thiophene rings is 1. The molecule has 0 aliphatic rings. The molecule has 0 saturated carbocycles. The number of anilines is 1. The Kier molecular flexibility index (Phi) is 5.28. The van der Waals surface area contributed by atoms with Crippen molar-refractivity contribution in [1.82, 2.24) is 15.3 Å². The molecule has 0 radical (unpaired) electrons. The maximum atomic E-state index is 11.0. The van der Waals surface area contributed by atoms with E-state index >= 15 is 0 Å². The Morgan fingerprint density at radius 1 is 1.24 bits per heavy atom. The molecule has 0 unspecified atom stereocenters. The summed E-state index contributed by atoms with van der Waals surface area (Å²) < 4.78 is 0. The minimum Gasteiger partial charge on any atom is -0.359 e.